The van der Waals surface area contributed by atoms with Gasteiger partial charge in [-0.05, 0) is 39.0 Å². The summed E-state index contributed by atoms with van der Waals surface area (Å²) in [7, 11) is 0. The molecule has 3 aromatic rings. The standard InChI is InChI=1S/C26H26F3N3O3/c1-5-16-11-21-19(12-22(16)35-18-9-10-34-14-18)24(32-15(2)31-21)30-13-17-7-6-8-20(23(17)27)26(28,29)25(3,4)33/h1,6-8,11-12,18,33H,9-10,13-14H2,2-4H3,(H,30,31,32)/t18-/m0/s1. The second-order valence-corrected chi connectivity index (χ2v) is 9.00. The van der Waals surface area contributed by atoms with E-state index < -0.39 is 22.9 Å². The molecule has 4 rings (SSSR count). The number of alkyl halides is 2. The molecule has 0 saturated carbocycles. The van der Waals surface area contributed by atoms with Gasteiger partial charge in [0, 0.05) is 23.9 Å². The van der Waals surface area contributed by atoms with E-state index in [1.54, 1.807) is 19.1 Å². The Morgan fingerprint density at radius 3 is 2.71 bits per heavy atom. The van der Waals surface area contributed by atoms with Crippen molar-refractivity contribution in [1.29, 1.82) is 0 Å². The highest BCUT2D eigenvalue weighted by Gasteiger charge is 2.49. The molecule has 1 fully saturated rings. The summed E-state index contributed by atoms with van der Waals surface area (Å²) >= 11 is 0. The number of terminal acetylenes is 1. The number of halogens is 3. The highest BCUT2D eigenvalue weighted by atomic mass is 19.3. The molecule has 0 amide bonds. The van der Waals surface area contributed by atoms with Gasteiger partial charge in [-0.25, -0.2) is 14.4 Å². The average Bonchev–Trinajstić information content (AvgIpc) is 3.30. The van der Waals surface area contributed by atoms with E-state index in [1.807, 2.05) is 0 Å². The number of nitrogens with one attached hydrogen (secondary N) is 1. The van der Waals surface area contributed by atoms with Crippen LogP contribution in [0.25, 0.3) is 10.9 Å². The molecule has 0 bridgehead atoms. The Bertz CT molecular complexity index is 1290. The number of rotatable bonds is 7. The first kappa shape index (κ1) is 24.8. The second kappa shape index (κ2) is 9.36. The van der Waals surface area contributed by atoms with Crippen LogP contribution in [-0.2, 0) is 17.2 Å². The van der Waals surface area contributed by atoms with Crippen molar-refractivity contribution in [2.75, 3.05) is 18.5 Å². The van der Waals surface area contributed by atoms with E-state index in [-0.39, 0.29) is 18.2 Å². The van der Waals surface area contributed by atoms with Gasteiger partial charge in [0.05, 0.1) is 29.9 Å². The summed E-state index contributed by atoms with van der Waals surface area (Å²) in [6, 6.07) is 7.13. The lowest BCUT2D eigenvalue weighted by molar-refractivity contribution is -0.170. The van der Waals surface area contributed by atoms with Crippen molar-refractivity contribution < 1.29 is 27.8 Å². The number of aliphatic hydroxyl groups is 1. The van der Waals surface area contributed by atoms with E-state index in [1.165, 1.54) is 12.1 Å². The molecule has 35 heavy (non-hydrogen) atoms. The van der Waals surface area contributed by atoms with Crippen molar-refractivity contribution in [1.82, 2.24) is 9.97 Å². The SMILES string of the molecule is C#Cc1cc2nc(C)nc(NCc3cccc(C(F)(F)C(C)(C)O)c3F)c2cc1O[C@H]1CCOC1. The van der Waals surface area contributed by atoms with Crippen LogP contribution in [0.1, 0.15) is 42.8 Å². The summed E-state index contributed by atoms with van der Waals surface area (Å²) < 4.78 is 55.8. The highest BCUT2D eigenvalue weighted by Crippen LogP contribution is 2.40. The lowest BCUT2D eigenvalue weighted by Gasteiger charge is -2.30. The number of nitrogens with zero attached hydrogens (tertiary/aromatic N) is 2. The summed E-state index contributed by atoms with van der Waals surface area (Å²) in [6.45, 7) is 4.52. The molecule has 2 aromatic carbocycles. The number of benzene rings is 2. The number of hydrogen-bond donors (Lipinski definition) is 2. The van der Waals surface area contributed by atoms with Gasteiger partial charge in [-0.15, -0.1) is 6.42 Å². The summed E-state index contributed by atoms with van der Waals surface area (Å²) in [4.78, 5) is 8.86. The molecule has 2 N–H and O–H groups in total. The zero-order chi connectivity index (χ0) is 25.4. The number of anilines is 1. The Morgan fingerprint density at radius 2 is 2.06 bits per heavy atom. The second-order valence-electron chi connectivity index (χ2n) is 9.00. The zero-order valence-electron chi connectivity index (χ0n) is 19.7. The van der Waals surface area contributed by atoms with Crippen LogP contribution in [0.5, 0.6) is 5.75 Å². The fourth-order valence-electron chi connectivity index (χ4n) is 3.87. The molecule has 2 heterocycles. The van der Waals surface area contributed by atoms with Gasteiger partial charge in [0.1, 0.15) is 34.9 Å². The smallest absolute Gasteiger partial charge is 0.303 e. The van der Waals surface area contributed by atoms with E-state index in [0.29, 0.717) is 47.1 Å². The molecule has 1 aliphatic rings. The van der Waals surface area contributed by atoms with Crippen molar-refractivity contribution in [3.63, 3.8) is 0 Å². The third kappa shape index (κ3) is 4.90. The lowest BCUT2D eigenvalue weighted by atomic mass is 9.92. The minimum atomic E-state index is -3.78. The van der Waals surface area contributed by atoms with Gasteiger partial charge in [0.15, 0.2) is 0 Å². The number of fused-ring (bicyclic) bond motifs is 1. The third-order valence-electron chi connectivity index (χ3n) is 5.88. The molecule has 9 heteroatoms. The number of ether oxygens (including phenoxy) is 2. The molecule has 6 nitrogen and oxygen atoms in total. The van der Waals surface area contributed by atoms with Gasteiger partial charge in [-0.1, -0.05) is 18.1 Å². The maximum Gasteiger partial charge on any atom is 0.303 e. The lowest BCUT2D eigenvalue weighted by Crippen LogP contribution is -2.41. The quantitative estimate of drug-likeness (QED) is 0.473. The Labute approximate surface area is 201 Å². The Morgan fingerprint density at radius 1 is 1.29 bits per heavy atom. The van der Waals surface area contributed by atoms with Crippen LogP contribution in [0.3, 0.4) is 0 Å². The van der Waals surface area contributed by atoms with Crippen molar-refractivity contribution in [3.05, 3.63) is 58.7 Å². The topological polar surface area (TPSA) is 76.5 Å². The van der Waals surface area contributed by atoms with Crippen molar-refractivity contribution in [2.45, 2.75) is 51.4 Å². The molecule has 0 unspecified atom stereocenters. The van der Waals surface area contributed by atoms with Crippen LogP contribution in [0.15, 0.2) is 30.3 Å². The normalized spacial score (nSPS) is 16.3. The van der Waals surface area contributed by atoms with Crippen LogP contribution in [0.2, 0.25) is 0 Å². The monoisotopic (exact) mass is 485 g/mol. The van der Waals surface area contributed by atoms with Gasteiger partial charge >= 0.3 is 5.92 Å². The molecule has 1 aromatic heterocycles. The van der Waals surface area contributed by atoms with E-state index in [9.17, 15) is 13.9 Å². The molecule has 184 valence electrons. The van der Waals surface area contributed by atoms with Gasteiger partial charge in [0.2, 0.25) is 0 Å². The largest absolute Gasteiger partial charge is 0.487 e. The van der Waals surface area contributed by atoms with Crippen molar-refractivity contribution in [3.8, 4) is 18.1 Å². The fourth-order valence-corrected chi connectivity index (χ4v) is 3.87. The van der Waals surface area contributed by atoms with Crippen LogP contribution < -0.4 is 10.1 Å². The number of aryl methyl sites for hydroxylation is 1. The highest BCUT2D eigenvalue weighted by molar-refractivity contribution is 5.91. The molecular formula is C26H26F3N3O3. The first-order chi connectivity index (χ1) is 16.5. The average molecular weight is 486 g/mol. The molecule has 0 aliphatic carbocycles. The molecule has 0 spiro atoms. The summed E-state index contributed by atoms with van der Waals surface area (Å²) in [6.07, 6.45) is 6.29. The maximum atomic E-state index is 15.1. The zero-order valence-corrected chi connectivity index (χ0v) is 19.7. The number of aromatic nitrogens is 2. The van der Waals surface area contributed by atoms with Crippen LogP contribution in [0.4, 0.5) is 19.0 Å². The van der Waals surface area contributed by atoms with Crippen LogP contribution in [-0.4, -0.2) is 40.0 Å². The summed E-state index contributed by atoms with van der Waals surface area (Å²) in [5.41, 5.74) is -2.22. The molecule has 1 atom stereocenters. The molecular weight excluding hydrogens is 459 g/mol. The Hall–Kier alpha value is -3.35. The first-order valence-corrected chi connectivity index (χ1v) is 11.2. The van der Waals surface area contributed by atoms with E-state index in [0.717, 1.165) is 26.3 Å². The predicted octanol–water partition coefficient (Wildman–Crippen LogP) is 4.70. The Kier molecular flexibility index (Phi) is 6.62. The fraction of sp³-hybridized carbons (Fsp3) is 0.385. The third-order valence-corrected chi connectivity index (χ3v) is 5.88. The van der Waals surface area contributed by atoms with E-state index >= 15 is 4.39 Å². The molecule has 1 saturated heterocycles. The van der Waals surface area contributed by atoms with E-state index in [2.05, 4.69) is 21.2 Å². The van der Waals surface area contributed by atoms with Crippen LogP contribution in [0, 0.1) is 25.1 Å². The number of hydrogen-bond acceptors (Lipinski definition) is 6. The van der Waals surface area contributed by atoms with Gasteiger partial charge in [0.25, 0.3) is 0 Å². The predicted molar refractivity (Wildman–Crippen MR) is 126 cm³/mol. The minimum Gasteiger partial charge on any atom is -0.487 e. The van der Waals surface area contributed by atoms with Crippen molar-refractivity contribution >= 4 is 16.7 Å². The van der Waals surface area contributed by atoms with Crippen molar-refractivity contribution in [2.24, 2.45) is 0 Å². The maximum absolute atomic E-state index is 15.1. The van der Waals surface area contributed by atoms with Gasteiger partial charge in [-0.3, -0.25) is 0 Å². The van der Waals surface area contributed by atoms with Gasteiger partial charge in [-0.2, -0.15) is 8.78 Å². The molecule has 0 radical (unpaired) electrons. The summed E-state index contributed by atoms with van der Waals surface area (Å²) in [5, 5.41) is 13.5. The Balaban J connectivity index is 1.68. The van der Waals surface area contributed by atoms with E-state index in [4.69, 9.17) is 15.9 Å². The van der Waals surface area contributed by atoms with Crippen LogP contribution >= 0.6 is 0 Å². The summed E-state index contributed by atoms with van der Waals surface area (Å²) in [5.74, 6) is -0.968. The molecule has 1 aliphatic heterocycles. The van der Waals surface area contributed by atoms with Gasteiger partial charge < -0.3 is 19.9 Å². The first-order valence-electron chi connectivity index (χ1n) is 11.2. The minimum absolute atomic E-state index is 0.00402.